The molecule has 0 aliphatic carbocycles. The summed E-state index contributed by atoms with van der Waals surface area (Å²) < 4.78 is 6.78. The van der Waals surface area contributed by atoms with Gasteiger partial charge in [-0.15, -0.1) is 0 Å². The number of hydrogen-bond acceptors (Lipinski definition) is 3. The average molecular weight is 492 g/mol. The van der Waals surface area contributed by atoms with E-state index in [-0.39, 0.29) is 11.9 Å². The number of hydrogen-bond donors (Lipinski definition) is 0. The van der Waals surface area contributed by atoms with Crippen molar-refractivity contribution in [3.05, 3.63) is 92.0 Å². The standard InChI is InChI=1S/C22H17BrCl2N2O2/c23-17-6-8-21(26-11-17)29-13-18-9-14-3-1-2-4-16(14)12-27(18)22(28)15-5-7-19(24)20(25)10-15/h1-8,10-11,18H,9,12-13H2/t18-/m0/s1. The molecule has 4 nitrogen and oxygen atoms in total. The van der Waals surface area contributed by atoms with Crippen LogP contribution in [0.2, 0.25) is 10.0 Å². The van der Waals surface area contributed by atoms with Gasteiger partial charge in [-0.3, -0.25) is 4.79 Å². The zero-order chi connectivity index (χ0) is 20.4. The molecule has 148 valence electrons. The van der Waals surface area contributed by atoms with Crippen molar-refractivity contribution in [2.45, 2.75) is 19.0 Å². The van der Waals surface area contributed by atoms with Crippen molar-refractivity contribution in [1.29, 1.82) is 0 Å². The molecule has 29 heavy (non-hydrogen) atoms. The third kappa shape index (κ3) is 4.58. The molecule has 0 fully saturated rings. The number of benzene rings is 2. The lowest BCUT2D eigenvalue weighted by molar-refractivity contribution is 0.0562. The second-order valence-electron chi connectivity index (χ2n) is 6.81. The number of fused-ring (bicyclic) bond motifs is 1. The minimum atomic E-state index is -0.127. The molecule has 1 aliphatic rings. The van der Waals surface area contributed by atoms with Crippen LogP contribution < -0.4 is 4.74 Å². The fourth-order valence-electron chi connectivity index (χ4n) is 3.40. The number of ether oxygens (including phenoxy) is 1. The third-order valence-electron chi connectivity index (χ3n) is 4.91. The number of pyridine rings is 1. The van der Waals surface area contributed by atoms with Crippen molar-refractivity contribution in [3.8, 4) is 5.88 Å². The van der Waals surface area contributed by atoms with Crippen molar-refractivity contribution < 1.29 is 9.53 Å². The van der Waals surface area contributed by atoms with E-state index in [9.17, 15) is 4.79 Å². The van der Waals surface area contributed by atoms with E-state index < -0.39 is 0 Å². The van der Waals surface area contributed by atoms with Gasteiger partial charge in [0.15, 0.2) is 0 Å². The molecule has 0 unspecified atom stereocenters. The van der Waals surface area contributed by atoms with E-state index in [2.05, 4.69) is 33.0 Å². The molecule has 2 aromatic carbocycles. The topological polar surface area (TPSA) is 42.4 Å². The zero-order valence-corrected chi connectivity index (χ0v) is 18.4. The summed E-state index contributed by atoms with van der Waals surface area (Å²) >= 11 is 15.5. The first-order valence-corrected chi connectivity index (χ1v) is 10.6. The molecule has 1 atom stereocenters. The van der Waals surface area contributed by atoms with Crippen molar-refractivity contribution in [2.24, 2.45) is 0 Å². The second-order valence-corrected chi connectivity index (χ2v) is 8.54. The highest BCUT2D eigenvalue weighted by Crippen LogP contribution is 2.28. The summed E-state index contributed by atoms with van der Waals surface area (Å²) in [5.74, 6) is 0.421. The molecule has 4 rings (SSSR count). The molecule has 1 amide bonds. The van der Waals surface area contributed by atoms with Crippen LogP contribution in [0.25, 0.3) is 0 Å². The predicted octanol–water partition coefficient (Wildman–Crippen LogP) is 5.80. The molecule has 0 N–H and O–H groups in total. The molecule has 1 aromatic heterocycles. The van der Waals surface area contributed by atoms with Crippen LogP contribution in [0.5, 0.6) is 5.88 Å². The largest absolute Gasteiger partial charge is 0.475 e. The molecule has 0 saturated heterocycles. The highest BCUT2D eigenvalue weighted by molar-refractivity contribution is 9.10. The normalized spacial score (nSPS) is 15.7. The van der Waals surface area contributed by atoms with Crippen LogP contribution >= 0.6 is 39.1 Å². The van der Waals surface area contributed by atoms with Crippen LogP contribution in [0.4, 0.5) is 0 Å². The Hall–Kier alpha value is -2.08. The molecule has 1 aliphatic heterocycles. The monoisotopic (exact) mass is 490 g/mol. The summed E-state index contributed by atoms with van der Waals surface area (Å²) in [7, 11) is 0. The number of amides is 1. The minimum Gasteiger partial charge on any atom is -0.475 e. The van der Waals surface area contributed by atoms with Gasteiger partial charge in [-0.05, 0) is 57.7 Å². The Bertz CT molecular complexity index is 1040. The Kier molecular flexibility index (Phi) is 6.09. The van der Waals surface area contributed by atoms with Gasteiger partial charge in [0, 0.05) is 28.8 Å². The molecule has 7 heteroatoms. The Morgan fingerprint density at radius 2 is 1.90 bits per heavy atom. The van der Waals surface area contributed by atoms with Gasteiger partial charge >= 0.3 is 0 Å². The van der Waals surface area contributed by atoms with Crippen LogP contribution in [0.15, 0.2) is 65.3 Å². The maximum Gasteiger partial charge on any atom is 0.254 e. The average Bonchev–Trinajstić information content (AvgIpc) is 2.74. The van der Waals surface area contributed by atoms with Crippen LogP contribution in [-0.2, 0) is 13.0 Å². The molecule has 0 saturated carbocycles. The van der Waals surface area contributed by atoms with Crippen molar-refractivity contribution in [1.82, 2.24) is 9.88 Å². The number of halogens is 3. The zero-order valence-electron chi connectivity index (χ0n) is 15.3. The SMILES string of the molecule is O=C(c1ccc(Cl)c(Cl)c1)N1Cc2ccccc2C[C@H]1COc1ccc(Br)cn1. The van der Waals surface area contributed by atoms with Crippen LogP contribution in [-0.4, -0.2) is 28.4 Å². The van der Waals surface area contributed by atoms with Gasteiger partial charge in [0.2, 0.25) is 5.88 Å². The molecular formula is C22H17BrCl2N2O2. The number of carbonyl (C=O) groups is 1. The van der Waals surface area contributed by atoms with Crippen LogP contribution in [0, 0.1) is 0 Å². The Morgan fingerprint density at radius 1 is 1.10 bits per heavy atom. The van der Waals surface area contributed by atoms with E-state index in [1.807, 2.05) is 23.1 Å². The first kappa shape index (κ1) is 20.2. The molecule has 0 bridgehead atoms. The Morgan fingerprint density at radius 3 is 2.62 bits per heavy atom. The number of aromatic nitrogens is 1. The second kappa shape index (κ2) is 8.74. The first-order valence-electron chi connectivity index (χ1n) is 9.08. The fourth-order valence-corrected chi connectivity index (χ4v) is 3.93. The van der Waals surface area contributed by atoms with E-state index in [4.69, 9.17) is 27.9 Å². The van der Waals surface area contributed by atoms with E-state index in [1.54, 1.807) is 30.5 Å². The fraction of sp³-hybridized carbons (Fsp3) is 0.182. The summed E-state index contributed by atoms with van der Waals surface area (Å²) in [6.45, 7) is 0.854. The van der Waals surface area contributed by atoms with Gasteiger partial charge in [0.1, 0.15) is 6.61 Å². The Labute approximate surface area is 187 Å². The van der Waals surface area contributed by atoms with Gasteiger partial charge in [-0.2, -0.15) is 0 Å². The van der Waals surface area contributed by atoms with Gasteiger partial charge in [-0.25, -0.2) is 4.98 Å². The lowest BCUT2D eigenvalue weighted by atomic mass is 9.93. The van der Waals surface area contributed by atoms with Crippen LogP contribution in [0.3, 0.4) is 0 Å². The van der Waals surface area contributed by atoms with Gasteiger partial charge in [0.25, 0.3) is 5.91 Å². The lowest BCUT2D eigenvalue weighted by Gasteiger charge is -2.36. The van der Waals surface area contributed by atoms with Crippen molar-refractivity contribution in [2.75, 3.05) is 6.61 Å². The van der Waals surface area contributed by atoms with Gasteiger partial charge < -0.3 is 9.64 Å². The summed E-state index contributed by atoms with van der Waals surface area (Å²) in [6, 6.07) is 16.7. The minimum absolute atomic E-state index is 0.101. The molecule has 2 heterocycles. The van der Waals surface area contributed by atoms with Crippen LogP contribution in [0.1, 0.15) is 21.5 Å². The summed E-state index contributed by atoms with van der Waals surface area (Å²) in [5.41, 5.74) is 2.87. The molecule has 3 aromatic rings. The maximum absolute atomic E-state index is 13.3. The van der Waals surface area contributed by atoms with E-state index in [1.165, 1.54) is 5.56 Å². The quantitative estimate of drug-likeness (QED) is 0.463. The number of nitrogens with zero attached hydrogens (tertiary/aromatic N) is 2. The van der Waals surface area contributed by atoms with Crippen molar-refractivity contribution in [3.63, 3.8) is 0 Å². The summed E-state index contributed by atoms with van der Waals surface area (Å²) in [5, 5.41) is 0.787. The highest BCUT2D eigenvalue weighted by atomic mass is 79.9. The van der Waals surface area contributed by atoms with Crippen molar-refractivity contribution >= 4 is 45.0 Å². The summed E-state index contributed by atoms with van der Waals surface area (Å²) in [4.78, 5) is 19.4. The predicted molar refractivity (Wildman–Crippen MR) is 118 cm³/mol. The molecule has 0 radical (unpaired) electrons. The van der Waals surface area contributed by atoms with Gasteiger partial charge in [0.05, 0.1) is 16.1 Å². The molecular weight excluding hydrogens is 475 g/mol. The molecule has 0 spiro atoms. The van der Waals surface area contributed by atoms with Gasteiger partial charge in [-0.1, -0.05) is 47.5 Å². The third-order valence-corrected chi connectivity index (χ3v) is 6.11. The lowest BCUT2D eigenvalue weighted by Crippen LogP contribution is -2.47. The van der Waals surface area contributed by atoms with E-state index in [0.29, 0.717) is 41.1 Å². The Balaban J connectivity index is 1.59. The number of rotatable bonds is 4. The smallest absolute Gasteiger partial charge is 0.254 e. The summed E-state index contributed by atoms with van der Waals surface area (Å²) in [6.07, 6.45) is 2.39. The van der Waals surface area contributed by atoms with E-state index >= 15 is 0 Å². The first-order chi connectivity index (χ1) is 14.0. The number of carbonyl (C=O) groups excluding carboxylic acids is 1. The van der Waals surface area contributed by atoms with E-state index in [0.717, 1.165) is 10.0 Å². The highest BCUT2D eigenvalue weighted by Gasteiger charge is 2.31. The maximum atomic E-state index is 13.3.